The maximum atomic E-state index is 13.7. The molecule has 1 fully saturated rings. The first-order valence-corrected chi connectivity index (χ1v) is 10.1. The van der Waals surface area contributed by atoms with Crippen molar-refractivity contribution in [1.29, 1.82) is 0 Å². The van der Waals surface area contributed by atoms with Crippen LogP contribution in [0, 0.1) is 5.92 Å². The van der Waals surface area contributed by atoms with E-state index in [1.165, 1.54) is 0 Å². The molecule has 2 aromatic heterocycles. The molecule has 0 aromatic carbocycles. The fraction of sp³-hybridized carbons (Fsp3) is 0.579. The molecule has 4 heterocycles. The summed E-state index contributed by atoms with van der Waals surface area (Å²) in [4.78, 5) is 30.2. The Balaban J connectivity index is 1.68. The van der Waals surface area contributed by atoms with E-state index in [2.05, 4.69) is 10.1 Å². The van der Waals surface area contributed by atoms with Gasteiger partial charge in [0.15, 0.2) is 0 Å². The van der Waals surface area contributed by atoms with Crippen molar-refractivity contribution in [2.24, 2.45) is 5.92 Å². The number of aromatic nitrogens is 4. The van der Waals surface area contributed by atoms with Crippen LogP contribution in [0.1, 0.15) is 36.0 Å². The summed E-state index contributed by atoms with van der Waals surface area (Å²) in [5.74, 6) is -3.20. The molecular formula is C19H18F7N5O2. The monoisotopic (exact) mass is 481 g/mol. The number of carbonyl (C=O) groups is 1. The van der Waals surface area contributed by atoms with Gasteiger partial charge in [0.25, 0.3) is 0 Å². The van der Waals surface area contributed by atoms with Gasteiger partial charge in [0.1, 0.15) is 23.7 Å². The number of rotatable bonds is 3. The van der Waals surface area contributed by atoms with Crippen molar-refractivity contribution in [3.8, 4) is 0 Å². The Morgan fingerprint density at radius 3 is 2.39 bits per heavy atom. The smallest absolute Gasteiger partial charge is 0.338 e. The van der Waals surface area contributed by atoms with Crippen molar-refractivity contribution in [3.63, 3.8) is 0 Å². The average molecular weight is 481 g/mol. The van der Waals surface area contributed by atoms with E-state index in [1.54, 1.807) is 0 Å². The van der Waals surface area contributed by atoms with Gasteiger partial charge in [-0.25, -0.2) is 13.9 Å². The lowest BCUT2D eigenvalue weighted by molar-refractivity contribution is -0.196. The van der Waals surface area contributed by atoms with E-state index >= 15 is 0 Å². The van der Waals surface area contributed by atoms with Crippen LogP contribution in [0.4, 0.5) is 30.7 Å². The van der Waals surface area contributed by atoms with Crippen LogP contribution in [0.15, 0.2) is 23.1 Å². The van der Waals surface area contributed by atoms with E-state index in [1.807, 2.05) is 0 Å². The van der Waals surface area contributed by atoms with E-state index in [0.29, 0.717) is 10.6 Å². The number of pyridine rings is 1. The quantitative estimate of drug-likeness (QED) is 0.633. The van der Waals surface area contributed by atoms with E-state index in [4.69, 9.17) is 0 Å². The highest BCUT2D eigenvalue weighted by Gasteiger charge is 2.53. The topological polar surface area (TPSA) is 73.0 Å². The number of alkyl halides is 7. The first-order chi connectivity index (χ1) is 15.4. The Morgan fingerprint density at radius 2 is 1.85 bits per heavy atom. The lowest BCUT2D eigenvalue weighted by atomic mass is 9.89. The maximum absolute atomic E-state index is 13.7. The molecule has 3 atom stereocenters. The molecule has 2 aliphatic rings. The summed E-state index contributed by atoms with van der Waals surface area (Å²) in [5, 5.41) is 4.01. The number of hydrogen-bond acceptors (Lipinski definition) is 4. The van der Waals surface area contributed by atoms with E-state index in [-0.39, 0.29) is 43.9 Å². The molecule has 0 radical (unpaired) electrons. The van der Waals surface area contributed by atoms with Gasteiger partial charge in [-0.15, -0.1) is 0 Å². The minimum absolute atomic E-state index is 0.00289. The second kappa shape index (κ2) is 8.13. The average Bonchev–Trinajstić information content (AvgIpc) is 3.29. The molecule has 0 aliphatic carbocycles. The Morgan fingerprint density at radius 1 is 1.12 bits per heavy atom. The largest absolute Gasteiger partial charge is 0.433 e. The molecule has 0 saturated carbocycles. The van der Waals surface area contributed by atoms with Gasteiger partial charge in [-0.1, -0.05) is 6.07 Å². The van der Waals surface area contributed by atoms with Crippen molar-refractivity contribution in [2.45, 2.75) is 50.4 Å². The van der Waals surface area contributed by atoms with Gasteiger partial charge < -0.3 is 4.90 Å². The van der Waals surface area contributed by atoms with Crippen molar-refractivity contribution in [2.75, 3.05) is 13.1 Å². The molecule has 4 rings (SSSR count). The standard InChI is InChI=1S/C19H18F7N5O2/c20-11-5-6-29(9-11)16(32)15-12(18(21,22)23)2-4-14-28-30(17(33)31(14)15)8-10-1-3-13(27-7-10)19(24,25)26/h1,3,7,11-12,15H,2,4-6,8-9H2/t11-,12?,15?/m0/s1. The predicted octanol–water partition coefficient (Wildman–Crippen LogP) is 2.74. The fourth-order valence-corrected chi connectivity index (χ4v) is 4.23. The normalized spacial score (nSPS) is 23.6. The van der Waals surface area contributed by atoms with Crippen LogP contribution in [0.3, 0.4) is 0 Å². The molecule has 33 heavy (non-hydrogen) atoms. The molecule has 0 spiro atoms. The zero-order chi connectivity index (χ0) is 24.1. The molecular weight excluding hydrogens is 463 g/mol. The molecule has 1 amide bonds. The Kier molecular flexibility index (Phi) is 5.73. The molecule has 7 nitrogen and oxygen atoms in total. The first-order valence-electron chi connectivity index (χ1n) is 10.1. The molecule has 2 aromatic rings. The third kappa shape index (κ3) is 4.47. The number of likely N-dealkylation sites (tertiary alicyclic amines) is 1. The molecule has 180 valence electrons. The first kappa shape index (κ1) is 23.2. The van der Waals surface area contributed by atoms with Gasteiger partial charge in [-0.3, -0.25) is 14.3 Å². The van der Waals surface area contributed by atoms with Gasteiger partial charge in [-0.2, -0.15) is 31.4 Å². The van der Waals surface area contributed by atoms with Crippen LogP contribution in [-0.2, 0) is 23.9 Å². The summed E-state index contributed by atoms with van der Waals surface area (Å²) in [6, 6.07) is -0.137. The van der Waals surface area contributed by atoms with Gasteiger partial charge >= 0.3 is 18.0 Å². The highest BCUT2D eigenvalue weighted by atomic mass is 19.4. The molecule has 1 saturated heterocycles. The molecule has 0 N–H and O–H groups in total. The van der Waals surface area contributed by atoms with Crippen molar-refractivity contribution in [1.82, 2.24) is 24.2 Å². The predicted molar refractivity (Wildman–Crippen MR) is 97.8 cm³/mol. The van der Waals surface area contributed by atoms with Crippen molar-refractivity contribution < 1.29 is 35.5 Å². The molecule has 2 aliphatic heterocycles. The number of nitrogens with zero attached hydrogens (tertiary/aromatic N) is 5. The summed E-state index contributed by atoms with van der Waals surface area (Å²) in [6.45, 7) is -0.760. The number of aryl methyl sites for hydroxylation is 1. The maximum Gasteiger partial charge on any atom is 0.433 e. The fourth-order valence-electron chi connectivity index (χ4n) is 4.23. The lowest BCUT2D eigenvalue weighted by Gasteiger charge is -2.34. The molecule has 0 bridgehead atoms. The van der Waals surface area contributed by atoms with E-state index in [0.717, 1.165) is 21.8 Å². The van der Waals surface area contributed by atoms with Crippen LogP contribution in [0.25, 0.3) is 0 Å². The highest BCUT2D eigenvalue weighted by Crippen LogP contribution is 2.42. The van der Waals surface area contributed by atoms with Gasteiger partial charge in [0.05, 0.1) is 19.0 Å². The summed E-state index contributed by atoms with van der Waals surface area (Å²) in [5.41, 5.74) is -1.98. The summed E-state index contributed by atoms with van der Waals surface area (Å²) in [6.07, 6.45) is -10.6. The lowest BCUT2D eigenvalue weighted by Crippen LogP contribution is -2.49. The highest BCUT2D eigenvalue weighted by molar-refractivity contribution is 5.81. The van der Waals surface area contributed by atoms with Crippen LogP contribution in [0.2, 0.25) is 0 Å². The van der Waals surface area contributed by atoms with Gasteiger partial charge in [0, 0.05) is 19.2 Å². The minimum Gasteiger partial charge on any atom is -0.338 e. The number of halogens is 7. The summed E-state index contributed by atoms with van der Waals surface area (Å²) in [7, 11) is 0. The third-order valence-electron chi connectivity index (χ3n) is 5.84. The Bertz CT molecular complexity index is 1090. The van der Waals surface area contributed by atoms with Crippen LogP contribution in [-0.4, -0.2) is 55.6 Å². The molecule has 14 heteroatoms. The number of amides is 1. The number of carbonyl (C=O) groups excluding carboxylic acids is 1. The van der Waals surface area contributed by atoms with Crippen LogP contribution < -0.4 is 5.69 Å². The second-order valence-corrected chi connectivity index (χ2v) is 8.08. The van der Waals surface area contributed by atoms with Gasteiger partial charge in [-0.05, 0) is 24.5 Å². The zero-order valence-corrected chi connectivity index (χ0v) is 16.9. The van der Waals surface area contributed by atoms with Crippen molar-refractivity contribution >= 4 is 5.91 Å². The van der Waals surface area contributed by atoms with E-state index in [9.17, 15) is 40.3 Å². The number of fused-ring (bicyclic) bond motifs is 1. The second-order valence-electron chi connectivity index (χ2n) is 8.08. The Labute approximate surface area is 181 Å². The molecule has 2 unspecified atom stereocenters. The summed E-state index contributed by atoms with van der Waals surface area (Å²) < 4.78 is 94.3. The van der Waals surface area contributed by atoms with Crippen molar-refractivity contribution in [3.05, 3.63) is 45.9 Å². The summed E-state index contributed by atoms with van der Waals surface area (Å²) >= 11 is 0. The SMILES string of the molecule is O=C(C1C(C(F)(F)F)CCc2nn(Cc3ccc(C(F)(F)F)nc3)c(=O)n21)N1CC[C@H](F)C1. The Hall–Kier alpha value is -2.93. The van der Waals surface area contributed by atoms with Crippen LogP contribution in [0.5, 0.6) is 0 Å². The van der Waals surface area contributed by atoms with Crippen LogP contribution >= 0.6 is 0 Å². The number of hydrogen-bond donors (Lipinski definition) is 0. The minimum atomic E-state index is -4.79. The zero-order valence-electron chi connectivity index (χ0n) is 16.9. The van der Waals surface area contributed by atoms with E-state index < -0.39 is 54.2 Å². The third-order valence-corrected chi connectivity index (χ3v) is 5.84. The van der Waals surface area contributed by atoms with Gasteiger partial charge in [0.2, 0.25) is 5.91 Å².